The van der Waals surface area contributed by atoms with Gasteiger partial charge in [0, 0.05) is 37.5 Å². The van der Waals surface area contributed by atoms with Crippen LogP contribution in [0, 0.1) is 6.92 Å². The zero-order chi connectivity index (χ0) is 21.5. The van der Waals surface area contributed by atoms with E-state index in [1.165, 1.54) is 5.56 Å². The molecule has 0 radical (unpaired) electrons. The second-order valence-electron chi connectivity index (χ2n) is 7.93. The van der Waals surface area contributed by atoms with Crippen molar-refractivity contribution in [3.63, 3.8) is 0 Å². The number of anilines is 2. The minimum Gasteiger partial charge on any atom is -0.378 e. The second-order valence-corrected chi connectivity index (χ2v) is 7.93. The van der Waals surface area contributed by atoms with Gasteiger partial charge in [0.1, 0.15) is 11.5 Å². The van der Waals surface area contributed by atoms with Crippen molar-refractivity contribution in [2.75, 3.05) is 36.2 Å². The van der Waals surface area contributed by atoms with Crippen LogP contribution < -0.4 is 15.3 Å². The lowest BCUT2D eigenvalue weighted by Crippen LogP contribution is -2.38. The van der Waals surface area contributed by atoms with Gasteiger partial charge < -0.3 is 14.2 Å². The Morgan fingerprint density at radius 3 is 2.69 bits per heavy atom. The summed E-state index contributed by atoms with van der Waals surface area (Å²) in [5, 5.41) is 10.7. The monoisotopic (exact) mass is 429 g/mol. The number of morpholine rings is 1. The molecular weight excluding hydrogens is 406 g/mol. The molecule has 9 nitrogen and oxygen atoms in total. The van der Waals surface area contributed by atoms with E-state index < -0.39 is 0 Å². The number of hydrogen-bond acceptors (Lipinski definition) is 8. The summed E-state index contributed by atoms with van der Waals surface area (Å²) in [6.07, 6.45) is 4.16. The SMILES string of the molecule is Cc1cc(-c2cc3nc(N4C=CC(c5ccccc5)N4)cc(N4CCOCC4)n3n2)on1. The zero-order valence-electron chi connectivity index (χ0n) is 17.7. The molecule has 2 aliphatic rings. The lowest BCUT2D eigenvalue weighted by molar-refractivity contribution is 0.122. The van der Waals surface area contributed by atoms with E-state index in [0.717, 1.165) is 36.1 Å². The molecule has 1 N–H and O–H groups in total. The Balaban J connectivity index is 1.40. The number of hydrogen-bond donors (Lipinski definition) is 1. The van der Waals surface area contributed by atoms with Gasteiger partial charge in [-0.1, -0.05) is 35.5 Å². The number of benzene rings is 1. The lowest BCUT2D eigenvalue weighted by Gasteiger charge is -2.29. The second kappa shape index (κ2) is 7.77. The van der Waals surface area contributed by atoms with Crippen LogP contribution in [0.4, 0.5) is 11.6 Å². The molecule has 1 saturated heterocycles. The Bertz CT molecular complexity index is 1270. The fourth-order valence-corrected chi connectivity index (χ4v) is 4.09. The summed E-state index contributed by atoms with van der Waals surface area (Å²) >= 11 is 0. The molecule has 3 aromatic heterocycles. The van der Waals surface area contributed by atoms with Gasteiger partial charge in [-0.15, -0.1) is 0 Å². The third-order valence-electron chi connectivity index (χ3n) is 5.72. The predicted octanol–water partition coefficient (Wildman–Crippen LogP) is 3.11. The van der Waals surface area contributed by atoms with Gasteiger partial charge in [-0.25, -0.2) is 10.4 Å². The molecule has 162 valence electrons. The van der Waals surface area contributed by atoms with Gasteiger partial charge in [0.05, 0.1) is 24.9 Å². The lowest BCUT2D eigenvalue weighted by atomic mass is 10.1. The first-order valence-electron chi connectivity index (χ1n) is 10.7. The van der Waals surface area contributed by atoms with E-state index in [4.69, 9.17) is 19.3 Å². The van der Waals surface area contributed by atoms with E-state index in [0.29, 0.717) is 24.7 Å². The molecule has 1 atom stereocenters. The van der Waals surface area contributed by atoms with Crippen LogP contribution >= 0.6 is 0 Å². The normalized spacial score (nSPS) is 18.7. The molecule has 9 heteroatoms. The average Bonchev–Trinajstić information content (AvgIpc) is 3.59. The molecule has 0 aliphatic carbocycles. The largest absolute Gasteiger partial charge is 0.378 e. The molecule has 4 aromatic rings. The summed E-state index contributed by atoms with van der Waals surface area (Å²) in [6, 6.07) is 16.3. The van der Waals surface area contributed by atoms with Crippen molar-refractivity contribution >= 4 is 17.3 Å². The van der Waals surface area contributed by atoms with E-state index in [2.05, 4.69) is 39.8 Å². The molecule has 0 amide bonds. The Labute approximate surface area is 184 Å². The number of aryl methyl sites for hydroxylation is 1. The van der Waals surface area contributed by atoms with Crippen molar-refractivity contribution in [1.82, 2.24) is 25.2 Å². The quantitative estimate of drug-likeness (QED) is 0.530. The molecule has 5 heterocycles. The summed E-state index contributed by atoms with van der Waals surface area (Å²) in [6.45, 7) is 4.86. The maximum atomic E-state index is 5.56. The number of aromatic nitrogens is 4. The Morgan fingerprint density at radius 2 is 1.91 bits per heavy atom. The van der Waals surface area contributed by atoms with Crippen molar-refractivity contribution in [2.24, 2.45) is 0 Å². The number of hydrazine groups is 1. The van der Waals surface area contributed by atoms with Crippen LogP contribution in [0.15, 0.2) is 65.3 Å². The molecule has 1 fully saturated rings. The number of nitrogens with one attached hydrogen (secondary N) is 1. The summed E-state index contributed by atoms with van der Waals surface area (Å²) in [7, 11) is 0. The summed E-state index contributed by atoms with van der Waals surface area (Å²) in [5.41, 5.74) is 6.98. The maximum Gasteiger partial charge on any atom is 0.187 e. The smallest absolute Gasteiger partial charge is 0.187 e. The molecule has 2 aliphatic heterocycles. The van der Waals surface area contributed by atoms with Crippen LogP contribution in [-0.4, -0.2) is 46.1 Å². The highest BCUT2D eigenvalue weighted by Crippen LogP contribution is 2.29. The fraction of sp³-hybridized carbons (Fsp3) is 0.261. The summed E-state index contributed by atoms with van der Waals surface area (Å²) in [5.74, 6) is 2.40. The highest BCUT2D eigenvalue weighted by atomic mass is 16.5. The Morgan fingerprint density at radius 1 is 1.06 bits per heavy atom. The third kappa shape index (κ3) is 3.41. The first-order valence-corrected chi connectivity index (χ1v) is 10.7. The van der Waals surface area contributed by atoms with Gasteiger partial charge in [-0.3, -0.25) is 5.01 Å². The van der Waals surface area contributed by atoms with Crippen molar-refractivity contribution < 1.29 is 9.26 Å². The number of rotatable bonds is 4. The van der Waals surface area contributed by atoms with Crippen LogP contribution in [0.2, 0.25) is 0 Å². The van der Waals surface area contributed by atoms with Crippen LogP contribution in [0.25, 0.3) is 17.1 Å². The fourth-order valence-electron chi connectivity index (χ4n) is 4.09. The van der Waals surface area contributed by atoms with E-state index >= 15 is 0 Å². The van der Waals surface area contributed by atoms with Gasteiger partial charge in [0.2, 0.25) is 0 Å². The summed E-state index contributed by atoms with van der Waals surface area (Å²) < 4.78 is 12.9. The van der Waals surface area contributed by atoms with Crippen molar-refractivity contribution in [3.8, 4) is 11.5 Å². The molecule has 0 saturated carbocycles. The standard InChI is InChI=1S/C23H23N7O2/c1-16-13-20(32-27-16)19-14-22-24-21(15-23(30(22)26-19)28-9-11-31-12-10-28)29-8-7-18(25-29)17-5-3-2-4-6-17/h2-8,13-15,18,25H,9-12H2,1H3. The molecule has 1 unspecified atom stereocenters. The van der Waals surface area contributed by atoms with Crippen LogP contribution in [0.3, 0.4) is 0 Å². The van der Waals surface area contributed by atoms with Gasteiger partial charge in [0.15, 0.2) is 17.2 Å². The van der Waals surface area contributed by atoms with Crippen molar-refractivity contribution in [1.29, 1.82) is 0 Å². The van der Waals surface area contributed by atoms with E-state index in [1.54, 1.807) is 0 Å². The van der Waals surface area contributed by atoms with Crippen molar-refractivity contribution in [2.45, 2.75) is 13.0 Å². The van der Waals surface area contributed by atoms with Gasteiger partial charge >= 0.3 is 0 Å². The minimum atomic E-state index is 0.0960. The molecular formula is C23H23N7O2. The third-order valence-corrected chi connectivity index (χ3v) is 5.72. The molecule has 6 rings (SSSR count). The van der Waals surface area contributed by atoms with Crippen molar-refractivity contribution in [3.05, 3.63) is 72.1 Å². The van der Waals surface area contributed by atoms with E-state index in [9.17, 15) is 0 Å². The number of fused-ring (bicyclic) bond motifs is 1. The van der Waals surface area contributed by atoms with E-state index in [1.807, 2.05) is 53.0 Å². The topological polar surface area (TPSA) is 84.0 Å². The highest BCUT2D eigenvalue weighted by Gasteiger charge is 2.23. The van der Waals surface area contributed by atoms with Crippen LogP contribution in [0.5, 0.6) is 0 Å². The zero-order valence-corrected chi connectivity index (χ0v) is 17.7. The predicted molar refractivity (Wildman–Crippen MR) is 120 cm³/mol. The van der Waals surface area contributed by atoms with Gasteiger partial charge in [0.25, 0.3) is 0 Å². The molecule has 0 bridgehead atoms. The van der Waals surface area contributed by atoms with Gasteiger partial charge in [-0.05, 0) is 18.6 Å². The maximum absolute atomic E-state index is 5.56. The molecule has 32 heavy (non-hydrogen) atoms. The first kappa shape index (κ1) is 19.0. The molecule has 1 aromatic carbocycles. The van der Waals surface area contributed by atoms with Crippen LogP contribution in [-0.2, 0) is 4.74 Å². The Hall–Kier alpha value is -3.69. The average molecular weight is 429 g/mol. The molecule has 0 spiro atoms. The summed E-state index contributed by atoms with van der Waals surface area (Å²) in [4.78, 5) is 7.16. The minimum absolute atomic E-state index is 0.0960. The number of ether oxygens (including phenoxy) is 1. The first-order chi connectivity index (χ1) is 15.7. The Kier molecular flexibility index (Phi) is 4.62. The highest BCUT2D eigenvalue weighted by molar-refractivity contribution is 5.66. The van der Waals surface area contributed by atoms with Crippen LogP contribution in [0.1, 0.15) is 17.3 Å². The van der Waals surface area contributed by atoms with Gasteiger partial charge in [-0.2, -0.15) is 9.61 Å². The van der Waals surface area contributed by atoms with E-state index in [-0.39, 0.29) is 6.04 Å². The number of nitrogens with zero attached hydrogens (tertiary/aromatic N) is 6.